The molecule has 0 aliphatic heterocycles. The molecule has 0 bridgehead atoms. The lowest BCUT2D eigenvalue weighted by Crippen LogP contribution is -1.90. The zero-order valence-electron chi connectivity index (χ0n) is 7.31. The fourth-order valence-corrected chi connectivity index (χ4v) is 0.890. The number of rotatable bonds is 4. The Labute approximate surface area is 75.2 Å². The van der Waals surface area contributed by atoms with Gasteiger partial charge in [-0.1, -0.05) is 0 Å². The molecule has 0 radical (unpaired) electrons. The quantitative estimate of drug-likeness (QED) is 0.527. The van der Waals surface area contributed by atoms with E-state index in [9.17, 15) is 4.91 Å². The second-order valence-electron chi connectivity index (χ2n) is 2.18. The lowest BCUT2D eigenvalue weighted by Gasteiger charge is -2.06. The van der Waals surface area contributed by atoms with Gasteiger partial charge in [0.15, 0.2) is 11.1 Å². The fraction of sp³-hybridized carbons (Fsp3) is 0.250. The van der Waals surface area contributed by atoms with Gasteiger partial charge in [0.25, 0.3) is 0 Å². The second kappa shape index (κ2) is 4.30. The second-order valence-corrected chi connectivity index (χ2v) is 2.18. The van der Waals surface area contributed by atoms with Crippen LogP contribution in [0.2, 0.25) is 0 Å². The van der Waals surface area contributed by atoms with Crippen LogP contribution in [-0.4, -0.2) is 14.2 Å². The minimum Gasteiger partial charge on any atom is -0.497 e. The number of ether oxygens (including phenoxy) is 2. The summed E-state index contributed by atoms with van der Waals surface area (Å²) < 4.78 is 9.88. The maximum absolute atomic E-state index is 9.84. The van der Waals surface area contributed by atoms with Gasteiger partial charge in [-0.2, -0.15) is 0 Å². The van der Waals surface area contributed by atoms with Crippen molar-refractivity contribution in [3.63, 3.8) is 0 Å². The summed E-state index contributed by atoms with van der Waals surface area (Å²) in [6, 6.07) is 4.78. The molecule has 0 saturated carbocycles. The highest BCUT2D eigenvalue weighted by Crippen LogP contribution is 2.31. The van der Waals surface area contributed by atoms with Crippen LogP contribution in [-0.2, 0) is 0 Å². The first-order valence-electron chi connectivity index (χ1n) is 3.53. The molecule has 1 aromatic rings. The Hall–Kier alpha value is -1.78. The molecular formula is C8H9NO4. The van der Waals surface area contributed by atoms with Crippen molar-refractivity contribution in [1.82, 2.24) is 0 Å². The lowest BCUT2D eigenvalue weighted by atomic mass is 10.3. The van der Waals surface area contributed by atoms with Crippen LogP contribution >= 0.6 is 0 Å². The molecule has 5 nitrogen and oxygen atoms in total. The van der Waals surface area contributed by atoms with Crippen LogP contribution in [0.25, 0.3) is 0 Å². The minimum atomic E-state index is 0.262. The third kappa shape index (κ3) is 2.08. The van der Waals surface area contributed by atoms with Crippen molar-refractivity contribution in [1.29, 1.82) is 0 Å². The molecule has 0 heterocycles. The molecule has 0 fully saturated rings. The molecule has 70 valence electrons. The highest BCUT2D eigenvalue weighted by molar-refractivity contribution is 5.45. The van der Waals surface area contributed by atoms with Crippen LogP contribution in [0.1, 0.15) is 0 Å². The number of methoxy groups -OCH3 is 2. The monoisotopic (exact) mass is 183 g/mol. The molecule has 13 heavy (non-hydrogen) atoms. The standard InChI is InChI=1S/C8H9NO4/c1-11-6-3-4-7(13-9-10)8(5-6)12-2/h3-5H,1-2H3. The Kier molecular flexibility index (Phi) is 3.08. The summed E-state index contributed by atoms with van der Waals surface area (Å²) in [6.45, 7) is 0. The minimum absolute atomic E-state index is 0.262. The summed E-state index contributed by atoms with van der Waals surface area (Å²) in [5.41, 5.74) is 0. The Balaban J connectivity index is 3.00. The van der Waals surface area contributed by atoms with Gasteiger partial charge in [-0.15, -0.1) is 4.91 Å². The Morgan fingerprint density at radius 1 is 1.15 bits per heavy atom. The van der Waals surface area contributed by atoms with Gasteiger partial charge in [-0.3, -0.25) is 0 Å². The Bertz CT molecular complexity index is 300. The average Bonchev–Trinajstić information content (AvgIpc) is 2.19. The Morgan fingerprint density at radius 3 is 2.46 bits per heavy atom. The third-order valence-corrected chi connectivity index (χ3v) is 1.51. The van der Waals surface area contributed by atoms with Crippen LogP contribution < -0.4 is 14.3 Å². The van der Waals surface area contributed by atoms with Gasteiger partial charge < -0.3 is 14.3 Å². The molecule has 0 atom stereocenters. The van der Waals surface area contributed by atoms with Crippen molar-refractivity contribution < 1.29 is 14.3 Å². The third-order valence-electron chi connectivity index (χ3n) is 1.51. The molecule has 1 aromatic carbocycles. The van der Waals surface area contributed by atoms with Crippen LogP contribution in [0.5, 0.6) is 17.2 Å². The number of hydrogen-bond donors (Lipinski definition) is 0. The first-order chi connectivity index (χ1) is 6.31. The highest BCUT2D eigenvalue weighted by Gasteiger charge is 2.06. The van der Waals surface area contributed by atoms with Gasteiger partial charge in [0.2, 0.25) is 5.75 Å². The normalized spacial score (nSPS) is 9.08. The highest BCUT2D eigenvalue weighted by atomic mass is 16.7. The van der Waals surface area contributed by atoms with E-state index in [0.29, 0.717) is 11.5 Å². The van der Waals surface area contributed by atoms with Crippen molar-refractivity contribution in [2.75, 3.05) is 14.2 Å². The summed E-state index contributed by atoms with van der Waals surface area (Å²) in [4.78, 5) is 14.3. The molecule has 0 saturated heterocycles. The molecule has 0 N–H and O–H groups in total. The summed E-state index contributed by atoms with van der Waals surface area (Å²) in [6.07, 6.45) is 0. The van der Waals surface area contributed by atoms with E-state index < -0.39 is 0 Å². The SMILES string of the molecule is COc1ccc(ON=O)c(OC)c1. The van der Waals surface area contributed by atoms with Gasteiger partial charge >= 0.3 is 0 Å². The first-order valence-corrected chi connectivity index (χ1v) is 3.53. The molecular weight excluding hydrogens is 174 g/mol. The first kappa shape index (κ1) is 9.31. The van der Waals surface area contributed by atoms with Gasteiger partial charge in [-0.25, -0.2) is 0 Å². The molecule has 5 heteroatoms. The van der Waals surface area contributed by atoms with E-state index in [1.165, 1.54) is 14.2 Å². The predicted octanol–water partition coefficient (Wildman–Crippen LogP) is 1.76. The van der Waals surface area contributed by atoms with Crippen molar-refractivity contribution in [2.45, 2.75) is 0 Å². The van der Waals surface area contributed by atoms with Gasteiger partial charge in [0.05, 0.1) is 14.2 Å². The predicted molar refractivity (Wildman–Crippen MR) is 46.0 cm³/mol. The Morgan fingerprint density at radius 2 is 1.92 bits per heavy atom. The molecule has 0 unspecified atom stereocenters. The van der Waals surface area contributed by atoms with E-state index in [-0.39, 0.29) is 5.75 Å². The average molecular weight is 183 g/mol. The van der Waals surface area contributed by atoms with Crippen LogP contribution in [0, 0.1) is 4.91 Å². The molecule has 0 aromatic heterocycles. The summed E-state index contributed by atoms with van der Waals surface area (Å²) in [7, 11) is 3.00. The van der Waals surface area contributed by atoms with E-state index >= 15 is 0 Å². The number of nitrogens with zero attached hydrogens (tertiary/aromatic N) is 1. The van der Waals surface area contributed by atoms with Crippen molar-refractivity contribution >= 4 is 0 Å². The smallest absolute Gasteiger partial charge is 0.203 e. The summed E-state index contributed by atoms with van der Waals surface area (Å²) in [5, 5.41) is 2.30. The zero-order chi connectivity index (χ0) is 9.68. The van der Waals surface area contributed by atoms with E-state index in [0.717, 1.165) is 0 Å². The number of benzene rings is 1. The fourth-order valence-electron chi connectivity index (χ4n) is 0.890. The van der Waals surface area contributed by atoms with Crippen LogP contribution in [0.4, 0.5) is 0 Å². The summed E-state index contributed by atoms with van der Waals surface area (Å²) >= 11 is 0. The van der Waals surface area contributed by atoms with Crippen LogP contribution in [0.3, 0.4) is 0 Å². The van der Waals surface area contributed by atoms with Crippen LogP contribution in [0.15, 0.2) is 23.5 Å². The zero-order valence-corrected chi connectivity index (χ0v) is 7.31. The maximum Gasteiger partial charge on any atom is 0.203 e. The van der Waals surface area contributed by atoms with Gasteiger partial charge in [0.1, 0.15) is 5.75 Å². The molecule has 0 aliphatic carbocycles. The lowest BCUT2D eigenvalue weighted by molar-refractivity contribution is 0.304. The van der Waals surface area contributed by atoms with E-state index in [4.69, 9.17) is 9.47 Å². The molecule has 1 rings (SSSR count). The molecule has 0 aliphatic rings. The van der Waals surface area contributed by atoms with Crippen molar-refractivity contribution in [3.05, 3.63) is 23.1 Å². The van der Waals surface area contributed by atoms with Crippen molar-refractivity contribution in [2.24, 2.45) is 5.34 Å². The largest absolute Gasteiger partial charge is 0.497 e. The van der Waals surface area contributed by atoms with E-state index in [1.54, 1.807) is 18.2 Å². The molecule has 0 amide bonds. The molecule has 0 spiro atoms. The maximum atomic E-state index is 9.84. The summed E-state index contributed by atoms with van der Waals surface area (Å²) in [5.74, 6) is 1.28. The topological polar surface area (TPSA) is 57.1 Å². The van der Waals surface area contributed by atoms with E-state index in [2.05, 4.69) is 10.2 Å². The number of hydrogen-bond acceptors (Lipinski definition) is 5. The van der Waals surface area contributed by atoms with Gasteiger partial charge in [-0.05, 0) is 12.1 Å². The van der Waals surface area contributed by atoms with E-state index in [1.807, 2.05) is 0 Å². The van der Waals surface area contributed by atoms with Gasteiger partial charge in [0, 0.05) is 6.07 Å². The van der Waals surface area contributed by atoms with Crippen molar-refractivity contribution in [3.8, 4) is 17.2 Å².